The van der Waals surface area contributed by atoms with E-state index < -0.39 is 11.9 Å². The predicted molar refractivity (Wildman–Crippen MR) is 87.3 cm³/mol. The number of aryl methyl sites for hydroxylation is 2. The molecule has 7 nitrogen and oxygen atoms in total. The van der Waals surface area contributed by atoms with Gasteiger partial charge < -0.3 is 14.4 Å². The highest BCUT2D eigenvalue weighted by Crippen LogP contribution is 2.21. The van der Waals surface area contributed by atoms with Crippen LogP contribution in [0.3, 0.4) is 0 Å². The zero-order chi connectivity index (χ0) is 18.1. The van der Waals surface area contributed by atoms with E-state index in [1.807, 2.05) is 11.9 Å². The van der Waals surface area contributed by atoms with Gasteiger partial charge in [-0.3, -0.25) is 9.69 Å². The first-order valence-corrected chi connectivity index (χ1v) is 8.08. The maximum atomic E-state index is 13.5. The molecule has 1 aliphatic rings. The molecule has 3 rings (SSSR count). The van der Waals surface area contributed by atoms with E-state index in [1.165, 1.54) is 12.1 Å². The molecule has 1 aliphatic heterocycles. The molecule has 2 atom stereocenters. The van der Waals surface area contributed by atoms with Gasteiger partial charge in [0.05, 0.1) is 18.7 Å². The Morgan fingerprint density at radius 3 is 2.84 bits per heavy atom. The number of likely N-dealkylation sites (tertiary alicyclic amines) is 1. The fourth-order valence-electron chi connectivity index (χ4n) is 3.10. The summed E-state index contributed by atoms with van der Waals surface area (Å²) in [5, 5.41) is 18.1. The van der Waals surface area contributed by atoms with Gasteiger partial charge in [0.1, 0.15) is 5.82 Å². The van der Waals surface area contributed by atoms with Gasteiger partial charge in [-0.2, -0.15) is 0 Å². The van der Waals surface area contributed by atoms with Gasteiger partial charge in [-0.15, -0.1) is 10.2 Å². The maximum Gasteiger partial charge on any atom is 0.254 e. The molecule has 0 unspecified atom stereocenters. The second-order valence-corrected chi connectivity index (χ2v) is 6.43. The molecule has 0 saturated carbocycles. The molecule has 0 aliphatic carbocycles. The number of nitrogens with zero attached hydrogens (tertiary/aromatic N) is 4. The Morgan fingerprint density at radius 2 is 2.16 bits per heavy atom. The Balaban J connectivity index is 1.70. The van der Waals surface area contributed by atoms with Crippen molar-refractivity contribution in [3.8, 4) is 0 Å². The van der Waals surface area contributed by atoms with Gasteiger partial charge >= 0.3 is 0 Å². The summed E-state index contributed by atoms with van der Waals surface area (Å²) < 4.78 is 18.8. The van der Waals surface area contributed by atoms with Crippen molar-refractivity contribution in [2.75, 3.05) is 20.1 Å². The zero-order valence-electron chi connectivity index (χ0n) is 14.4. The fraction of sp³-hybridized carbons (Fsp3) is 0.471. The van der Waals surface area contributed by atoms with Gasteiger partial charge in [0.25, 0.3) is 5.91 Å². The molecule has 0 radical (unpaired) electrons. The number of carbonyl (C=O) groups is 1. The van der Waals surface area contributed by atoms with Crippen molar-refractivity contribution in [2.45, 2.75) is 32.5 Å². The molecule has 25 heavy (non-hydrogen) atoms. The molecule has 1 aromatic heterocycles. The summed E-state index contributed by atoms with van der Waals surface area (Å²) in [6, 6.07) is 3.89. The van der Waals surface area contributed by atoms with Crippen LogP contribution in [0.4, 0.5) is 4.39 Å². The molecule has 134 valence electrons. The highest BCUT2D eigenvalue weighted by atomic mass is 19.1. The zero-order valence-corrected chi connectivity index (χ0v) is 14.4. The van der Waals surface area contributed by atoms with Crippen LogP contribution in [-0.2, 0) is 6.54 Å². The third-order valence-electron chi connectivity index (χ3n) is 4.49. The summed E-state index contributed by atoms with van der Waals surface area (Å²) in [6.45, 7) is 4.40. The first-order valence-electron chi connectivity index (χ1n) is 8.08. The smallest absolute Gasteiger partial charge is 0.254 e. The van der Waals surface area contributed by atoms with E-state index in [0.717, 1.165) is 0 Å². The summed E-state index contributed by atoms with van der Waals surface area (Å²) in [6.07, 6.45) is -0.702. The average molecular weight is 348 g/mol. The van der Waals surface area contributed by atoms with Crippen LogP contribution in [0.15, 0.2) is 22.6 Å². The van der Waals surface area contributed by atoms with Crippen molar-refractivity contribution in [3.05, 3.63) is 46.9 Å². The summed E-state index contributed by atoms with van der Waals surface area (Å²) >= 11 is 0. The Hall–Kier alpha value is -2.32. The van der Waals surface area contributed by atoms with E-state index in [-0.39, 0.29) is 18.5 Å². The van der Waals surface area contributed by atoms with Crippen molar-refractivity contribution in [3.63, 3.8) is 0 Å². The number of hydrogen-bond acceptors (Lipinski definition) is 6. The van der Waals surface area contributed by atoms with E-state index in [2.05, 4.69) is 10.2 Å². The number of aliphatic hydroxyl groups is 1. The lowest BCUT2D eigenvalue weighted by molar-refractivity contribution is 0.0760. The molecule has 2 aromatic rings. The lowest BCUT2D eigenvalue weighted by atomic mass is 10.1. The largest absolute Gasteiger partial charge is 0.424 e. The summed E-state index contributed by atoms with van der Waals surface area (Å²) in [7, 11) is 1.83. The Bertz CT molecular complexity index is 779. The van der Waals surface area contributed by atoms with Crippen LogP contribution < -0.4 is 0 Å². The van der Waals surface area contributed by atoms with E-state index in [9.17, 15) is 14.3 Å². The number of carbonyl (C=O) groups excluding carboxylic acids is 1. The SMILES string of the molecule is Cc1nnc(CN(C)[C@H]2CN(C(=O)c3cc(F)ccc3C)C[C@H]2O)o1. The number of rotatable bonds is 4. The number of benzene rings is 1. The Kier molecular flexibility index (Phi) is 4.82. The molecule has 1 saturated heterocycles. The third-order valence-corrected chi connectivity index (χ3v) is 4.49. The first kappa shape index (κ1) is 17.5. The highest BCUT2D eigenvalue weighted by molar-refractivity contribution is 5.95. The third kappa shape index (κ3) is 3.69. The second-order valence-electron chi connectivity index (χ2n) is 6.43. The summed E-state index contributed by atoms with van der Waals surface area (Å²) in [5.74, 6) is 0.210. The van der Waals surface area contributed by atoms with Crippen LogP contribution in [0.5, 0.6) is 0 Å². The van der Waals surface area contributed by atoms with E-state index >= 15 is 0 Å². The quantitative estimate of drug-likeness (QED) is 0.892. The number of β-amino-alcohol motifs (C(OH)–C–C–N with tert-alkyl or cyclic N) is 1. The molecule has 8 heteroatoms. The van der Waals surface area contributed by atoms with Crippen molar-refractivity contribution in [1.82, 2.24) is 20.0 Å². The summed E-state index contributed by atoms with van der Waals surface area (Å²) in [4.78, 5) is 16.1. The molecule has 1 N–H and O–H groups in total. The van der Waals surface area contributed by atoms with Gasteiger partial charge in [0, 0.05) is 25.6 Å². The van der Waals surface area contributed by atoms with Crippen LogP contribution in [-0.4, -0.2) is 63.3 Å². The van der Waals surface area contributed by atoms with E-state index in [4.69, 9.17) is 4.42 Å². The van der Waals surface area contributed by atoms with Crippen LogP contribution in [0, 0.1) is 19.7 Å². The highest BCUT2D eigenvalue weighted by Gasteiger charge is 2.37. The average Bonchev–Trinajstić information content (AvgIpc) is 3.15. The van der Waals surface area contributed by atoms with Gasteiger partial charge in [0.2, 0.25) is 11.8 Å². The van der Waals surface area contributed by atoms with E-state index in [1.54, 1.807) is 24.8 Å². The van der Waals surface area contributed by atoms with Crippen LogP contribution in [0.25, 0.3) is 0 Å². The van der Waals surface area contributed by atoms with E-state index in [0.29, 0.717) is 36.0 Å². The minimum absolute atomic E-state index is 0.201. The number of hydrogen-bond donors (Lipinski definition) is 1. The maximum absolute atomic E-state index is 13.5. The van der Waals surface area contributed by atoms with Crippen LogP contribution >= 0.6 is 0 Å². The molecule has 1 amide bonds. The summed E-state index contributed by atoms with van der Waals surface area (Å²) in [5.41, 5.74) is 1.03. The minimum Gasteiger partial charge on any atom is -0.424 e. The molecule has 0 spiro atoms. The molecule has 0 bridgehead atoms. The number of amides is 1. The fourth-order valence-corrected chi connectivity index (χ4v) is 3.10. The first-order chi connectivity index (χ1) is 11.8. The number of aliphatic hydroxyl groups excluding tert-OH is 1. The van der Waals surface area contributed by atoms with Gasteiger partial charge in [0.15, 0.2) is 0 Å². The van der Waals surface area contributed by atoms with Gasteiger partial charge in [-0.25, -0.2) is 4.39 Å². The molecule has 2 heterocycles. The monoisotopic (exact) mass is 348 g/mol. The lowest BCUT2D eigenvalue weighted by Gasteiger charge is -2.24. The number of likely N-dealkylation sites (N-methyl/N-ethyl adjacent to an activating group) is 1. The van der Waals surface area contributed by atoms with Gasteiger partial charge in [-0.1, -0.05) is 6.07 Å². The molecular weight excluding hydrogens is 327 g/mol. The van der Waals surface area contributed by atoms with Crippen molar-refractivity contribution in [2.24, 2.45) is 0 Å². The Morgan fingerprint density at radius 1 is 1.40 bits per heavy atom. The van der Waals surface area contributed by atoms with Crippen LogP contribution in [0.1, 0.15) is 27.7 Å². The van der Waals surface area contributed by atoms with Crippen molar-refractivity contribution >= 4 is 5.91 Å². The number of aromatic nitrogens is 2. The minimum atomic E-state index is -0.702. The lowest BCUT2D eigenvalue weighted by Crippen LogP contribution is -2.40. The second kappa shape index (κ2) is 6.89. The van der Waals surface area contributed by atoms with Crippen molar-refractivity contribution in [1.29, 1.82) is 0 Å². The Labute approximate surface area is 145 Å². The molecule has 1 aromatic carbocycles. The van der Waals surface area contributed by atoms with Crippen LogP contribution in [0.2, 0.25) is 0 Å². The molecule has 1 fully saturated rings. The normalized spacial score (nSPS) is 20.5. The number of halogens is 1. The predicted octanol–water partition coefficient (Wildman–Crippen LogP) is 1.14. The molecular formula is C17H21FN4O3. The topological polar surface area (TPSA) is 82.7 Å². The van der Waals surface area contributed by atoms with Crippen molar-refractivity contribution < 1.29 is 18.7 Å². The standard InChI is InChI=1S/C17H21FN4O3/c1-10-4-5-12(18)6-13(10)17(24)22-7-14(15(23)8-22)21(3)9-16-20-19-11(2)25-16/h4-6,14-15,23H,7-9H2,1-3H3/t14-,15+/m0/s1. The van der Waals surface area contributed by atoms with Gasteiger partial charge in [-0.05, 0) is 31.7 Å².